The summed E-state index contributed by atoms with van der Waals surface area (Å²) in [5.41, 5.74) is -2.33. The Morgan fingerprint density at radius 3 is 2.80 bits per heavy atom. The van der Waals surface area contributed by atoms with Gasteiger partial charge in [-0.05, 0) is 13.0 Å². The zero-order chi connectivity index (χ0) is 14.8. The van der Waals surface area contributed by atoms with E-state index in [0.29, 0.717) is 11.7 Å². The van der Waals surface area contributed by atoms with Crippen LogP contribution in [0.2, 0.25) is 0 Å². The first-order chi connectivity index (χ1) is 9.35. The van der Waals surface area contributed by atoms with Crippen LogP contribution in [-0.4, -0.2) is 41.9 Å². The summed E-state index contributed by atoms with van der Waals surface area (Å²) in [5, 5.41) is 8.50. The number of halogens is 3. The van der Waals surface area contributed by atoms with Gasteiger partial charge in [-0.25, -0.2) is 0 Å². The summed E-state index contributed by atoms with van der Waals surface area (Å²) in [6, 6.07) is 0. The second-order valence-electron chi connectivity index (χ2n) is 4.74. The van der Waals surface area contributed by atoms with E-state index >= 15 is 0 Å². The number of nitrogens with zero attached hydrogens (tertiary/aromatic N) is 2. The van der Waals surface area contributed by atoms with Crippen LogP contribution in [0.3, 0.4) is 0 Å². The molecule has 0 saturated carbocycles. The maximum Gasteiger partial charge on any atom is 0.404 e. The van der Waals surface area contributed by atoms with Crippen molar-refractivity contribution in [3.63, 3.8) is 0 Å². The minimum absolute atomic E-state index is 0.0373. The van der Waals surface area contributed by atoms with Crippen LogP contribution in [0.4, 0.5) is 13.2 Å². The van der Waals surface area contributed by atoms with E-state index in [-0.39, 0.29) is 32.5 Å². The Morgan fingerprint density at radius 2 is 2.30 bits per heavy atom. The van der Waals surface area contributed by atoms with Gasteiger partial charge in [0.1, 0.15) is 0 Å². The van der Waals surface area contributed by atoms with Gasteiger partial charge in [0.25, 0.3) is 0 Å². The van der Waals surface area contributed by atoms with Gasteiger partial charge in [0.2, 0.25) is 11.8 Å². The standard InChI is InChI=1S/C11H15F3N4O2/c1-7-17-8(18-20-7)2-4-16-9(19)10(11(12,13)14)3-5-15-6-10/h15H,2-6H2,1H3,(H,16,19). The molecule has 1 aromatic rings. The van der Waals surface area contributed by atoms with Crippen molar-refractivity contribution < 1.29 is 22.5 Å². The van der Waals surface area contributed by atoms with Crippen molar-refractivity contribution in [2.24, 2.45) is 5.41 Å². The van der Waals surface area contributed by atoms with Crippen molar-refractivity contribution >= 4 is 5.91 Å². The van der Waals surface area contributed by atoms with Crippen LogP contribution in [0, 0.1) is 12.3 Å². The van der Waals surface area contributed by atoms with Crippen LogP contribution in [0.15, 0.2) is 4.52 Å². The van der Waals surface area contributed by atoms with Crippen molar-refractivity contribution in [3.8, 4) is 0 Å². The monoisotopic (exact) mass is 292 g/mol. The van der Waals surface area contributed by atoms with E-state index in [2.05, 4.69) is 20.8 Å². The summed E-state index contributed by atoms with van der Waals surface area (Å²) in [6.45, 7) is 1.44. The maximum atomic E-state index is 13.1. The number of hydrogen-bond acceptors (Lipinski definition) is 5. The van der Waals surface area contributed by atoms with E-state index in [4.69, 9.17) is 4.52 Å². The molecule has 1 aromatic heterocycles. The Kier molecular flexibility index (Phi) is 3.98. The van der Waals surface area contributed by atoms with Gasteiger partial charge in [-0.3, -0.25) is 4.79 Å². The molecule has 1 unspecified atom stereocenters. The van der Waals surface area contributed by atoms with E-state index in [1.54, 1.807) is 6.92 Å². The van der Waals surface area contributed by atoms with Gasteiger partial charge in [0.15, 0.2) is 11.2 Å². The predicted molar refractivity (Wildman–Crippen MR) is 61.7 cm³/mol. The van der Waals surface area contributed by atoms with Gasteiger partial charge in [-0.1, -0.05) is 5.16 Å². The Hall–Kier alpha value is -1.64. The fourth-order valence-electron chi connectivity index (χ4n) is 2.16. The molecule has 1 amide bonds. The summed E-state index contributed by atoms with van der Waals surface area (Å²) in [4.78, 5) is 15.8. The molecule has 1 aliphatic rings. The number of amides is 1. The van der Waals surface area contributed by atoms with Crippen molar-refractivity contribution in [1.82, 2.24) is 20.8 Å². The lowest BCUT2D eigenvalue weighted by Crippen LogP contribution is -2.52. The molecule has 0 aromatic carbocycles. The van der Waals surface area contributed by atoms with Crippen molar-refractivity contribution in [3.05, 3.63) is 11.7 Å². The minimum atomic E-state index is -4.57. The van der Waals surface area contributed by atoms with Gasteiger partial charge < -0.3 is 15.2 Å². The number of carbonyl (C=O) groups is 1. The molecule has 0 radical (unpaired) electrons. The predicted octanol–water partition coefficient (Wildman–Crippen LogP) is 0.579. The van der Waals surface area contributed by atoms with Crippen LogP contribution in [0.1, 0.15) is 18.1 Å². The molecule has 1 fully saturated rings. The highest BCUT2D eigenvalue weighted by molar-refractivity contribution is 5.84. The largest absolute Gasteiger partial charge is 0.404 e. The van der Waals surface area contributed by atoms with E-state index < -0.39 is 17.5 Å². The molecular formula is C11H15F3N4O2. The average molecular weight is 292 g/mol. The zero-order valence-corrected chi connectivity index (χ0v) is 10.9. The van der Waals surface area contributed by atoms with Gasteiger partial charge in [-0.15, -0.1) is 0 Å². The molecule has 1 aliphatic heterocycles. The molecule has 0 aliphatic carbocycles. The van der Waals surface area contributed by atoms with Crippen LogP contribution in [0.5, 0.6) is 0 Å². The number of carbonyl (C=O) groups excluding carboxylic acids is 1. The number of nitrogens with one attached hydrogen (secondary N) is 2. The number of hydrogen-bond donors (Lipinski definition) is 2. The van der Waals surface area contributed by atoms with E-state index in [0.717, 1.165) is 0 Å². The van der Waals surface area contributed by atoms with Crippen molar-refractivity contribution in [2.45, 2.75) is 25.9 Å². The highest BCUT2D eigenvalue weighted by Crippen LogP contribution is 2.43. The summed E-state index contributed by atoms with van der Waals surface area (Å²) >= 11 is 0. The molecule has 20 heavy (non-hydrogen) atoms. The normalized spacial score (nSPS) is 23.0. The second-order valence-corrected chi connectivity index (χ2v) is 4.74. The third-order valence-electron chi connectivity index (χ3n) is 3.34. The van der Waals surface area contributed by atoms with Crippen LogP contribution in [-0.2, 0) is 11.2 Å². The van der Waals surface area contributed by atoms with Gasteiger partial charge in [0.05, 0.1) is 0 Å². The fourth-order valence-corrected chi connectivity index (χ4v) is 2.16. The Morgan fingerprint density at radius 1 is 1.55 bits per heavy atom. The Labute approximate surface area is 113 Å². The van der Waals surface area contributed by atoms with Crippen LogP contribution in [0.25, 0.3) is 0 Å². The summed E-state index contributed by atoms with van der Waals surface area (Å²) in [5.74, 6) is -0.276. The molecule has 2 N–H and O–H groups in total. The molecule has 0 bridgehead atoms. The molecule has 0 spiro atoms. The lowest BCUT2D eigenvalue weighted by atomic mass is 9.85. The Balaban J connectivity index is 1.93. The highest BCUT2D eigenvalue weighted by atomic mass is 19.4. The third-order valence-corrected chi connectivity index (χ3v) is 3.34. The minimum Gasteiger partial charge on any atom is -0.355 e. The lowest BCUT2D eigenvalue weighted by Gasteiger charge is -2.29. The average Bonchev–Trinajstić information content (AvgIpc) is 2.97. The SMILES string of the molecule is Cc1nc(CCNC(=O)C2(C(F)(F)F)CCNC2)no1. The lowest BCUT2D eigenvalue weighted by molar-refractivity contribution is -0.215. The third kappa shape index (κ3) is 2.77. The topological polar surface area (TPSA) is 80.0 Å². The van der Waals surface area contributed by atoms with E-state index in [1.165, 1.54) is 0 Å². The number of rotatable bonds is 4. The number of alkyl halides is 3. The highest BCUT2D eigenvalue weighted by Gasteiger charge is 2.61. The van der Waals surface area contributed by atoms with Crippen molar-refractivity contribution in [1.29, 1.82) is 0 Å². The van der Waals surface area contributed by atoms with Gasteiger partial charge in [-0.2, -0.15) is 18.2 Å². The van der Waals surface area contributed by atoms with E-state index in [1.807, 2.05) is 0 Å². The molecule has 112 valence electrons. The van der Waals surface area contributed by atoms with Crippen LogP contribution >= 0.6 is 0 Å². The summed E-state index contributed by atoms with van der Waals surface area (Å²) < 4.78 is 44.0. The molecule has 1 saturated heterocycles. The number of aryl methyl sites for hydroxylation is 1. The van der Waals surface area contributed by atoms with Crippen molar-refractivity contribution in [2.75, 3.05) is 19.6 Å². The first-order valence-corrected chi connectivity index (χ1v) is 6.20. The van der Waals surface area contributed by atoms with E-state index in [9.17, 15) is 18.0 Å². The quantitative estimate of drug-likeness (QED) is 0.848. The molecular weight excluding hydrogens is 277 g/mol. The molecule has 1 atom stereocenters. The summed E-state index contributed by atoms with van der Waals surface area (Å²) in [6.07, 6.45) is -4.59. The molecule has 2 rings (SSSR count). The Bertz CT molecular complexity index is 480. The zero-order valence-electron chi connectivity index (χ0n) is 10.9. The summed E-state index contributed by atoms with van der Waals surface area (Å²) in [7, 11) is 0. The number of aromatic nitrogens is 2. The fraction of sp³-hybridized carbons (Fsp3) is 0.727. The first-order valence-electron chi connectivity index (χ1n) is 6.20. The van der Waals surface area contributed by atoms with Gasteiger partial charge >= 0.3 is 6.18 Å². The molecule has 9 heteroatoms. The van der Waals surface area contributed by atoms with Gasteiger partial charge in [0, 0.05) is 26.4 Å². The molecule has 6 nitrogen and oxygen atoms in total. The van der Waals surface area contributed by atoms with Crippen LogP contribution < -0.4 is 10.6 Å². The maximum absolute atomic E-state index is 13.1. The first kappa shape index (κ1) is 14.8. The smallest absolute Gasteiger partial charge is 0.355 e. The molecule has 2 heterocycles. The second kappa shape index (κ2) is 5.39.